The first-order valence-corrected chi connectivity index (χ1v) is 5.36. The molecular weight excluding hydrogens is 230 g/mol. The Morgan fingerprint density at radius 3 is 2.78 bits per heavy atom. The fraction of sp³-hybridized carbons (Fsp3) is 0.0769. The molecule has 4 N–H and O–H groups in total. The van der Waals surface area contributed by atoms with Crippen molar-refractivity contribution in [2.24, 2.45) is 5.73 Å². The van der Waals surface area contributed by atoms with Gasteiger partial charge in [0.1, 0.15) is 5.75 Å². The van der Waals surface area contributed by atoms with Gasteiger partial charge in [-0.25, -0.2) is 4.98 Å². The van der Waals surface area contributed by atoms with Crippen LogP contribution in [0.4, 0.5) is 5.69 Å². The molecule has 5 heteroatoms. The minimum absolute atomic E-state index is 0.389. The van der Waals surface area contributed by atoms with E-state index in [4.69, 9.17) is 16.2 Å². The first-order valence-electron chi connectivity index (χ1n) is 5.36. The van der Waals surface area contributed by atoms with Crippen molar-refractivity contribution in [1.29, 1.82) is 0 Å². The Labute approximate surface area is 104 Å². The van der Waals surface area contributed by atoms with Crippen LogP contribution in [0.3, 0.4) is 0 Å². The molecule has 1 aromatic carbocycles. The number of nitrogen functional groups attached to an aromatic ring is 1. The number of hydrogen-bond donors (Lipinski definition) is 2. The molecule has 0 atom stereocenters. The van der Waals surface area contributed by atoms with Crippen molar-refractivity contribution in [3.63, 3.8) is 0 Å². The molecule has 0 saturated carbocycles. The van der Waals surface area contributed by atoms with Crippen LogP contribution in [0.2, 0.25) is 0 Å². The van der Waals surface area contributed by atoms with Crippen LogP contribution in [0.5, 0.6) is 11.6 Å². The van der Waals surface area contributed by atoms with Gasteiger partial charge in [0.2, 0.25) is 11.8 Å². The molecule has 0 spiro atoms. The van der Waals surface area contributed by atoms with Crippen LogP contribution in [0.25, 0.3) is 0 Å². The first kappa shape index (κ1) is 11.9. The van der Waals surface area contributed by atoms with Crippen molar-refractivity contribution in [2.75, 3.05) is 5.73 Å². The van der Waals surface area contributed by atoms with E-state index >= 15 is 0 Å². The third-order valence-corrected chi connectivity index (χ3v) is 2.47. The van der Waals surface area contributed by atoms with Gasteiger partial charge >= 0.3 is 0 Å². The Bertz CT molecular complexity index is 597. The van der Waals surface area contributed by atoms with Crippen LogP contribution in [0, 0.1) is 6.92 Å². The van der Waals surface area contributed by atoms with Crippen molar-refractivity contribution in [1.82, 2.24) is 4.98 Å². The summed E-state index contributed by atoms with van der Waals surface area (Å²) >= 11 is 0. The average molecular weight is 243 g/mol. The number of nitrogens with zero attached hydrogens (tertiary/aromatic N) is 1. The number of aryl methyl sites for hydroxylation is 1. The summed E-state index contributed by atoms with van der Waals surface area (Å²) in [6.45, 7) is 1.86. The van der Waals surface area contributed by atoms with Gasteiger partial charge in [0.05, 0.1) is 11.9 Å². The predicted molar refractivity (Wildman–Crippen MR) is 68.4 cm³/mol. The second-order valence-corrected chi connectivity index (χ2v) is 3.87. The van der Waals surface area contributed by atoms with E-state index in [0.717, 1.165) is 5.56 Å². The van der Waals surface area contributed by atoms with Gasteiger partial charge in [-0.2, -0.15) is 0 Å². The summed E-state index contributed by atoms with van der Waals surface area (Å²) < 4.78 is 5.53. The highest BCUT2D eigenvalue weighted by molar-refractivity contribution is 5.93. The molecule has 0 fully saturated rings. The molecular formula is C13H13N3O2. The van der Waals surface area contributed by atoms with Gasteiger partial charge < -0.3 is 16.2 Å². The lowest BCUT2D eigenvalue weighted by molar-refractivity contribution is 0.1000. The van der Waals surface area contributed by atoms with Gasteiger partial charge in [-0.3, -0.25) is 4.79 Å². The van der Waals surface area contributed by atoms with E-state index in [0.29, 0.717) is 22.9 Å². The third-order valence-electron chi connectivity index (χ3n) is 2.47. The summed E-state index contributed by atoms with van der Waals surface area (Å²) in [6, 6.07) is 8.33. The molecule has 92 valence electrons. The van der Waals surface area contributed by atoms with Gasteiger partial charge in [0, 0.05) is 11.6 Å². The van der Waals surface area contributed by atoms with Gasteiger partial charge in [-0.15, -0.1) is 0 Å². The van der Waals surface area contributed by atoms with Gasteiger partial charge in [0.25, 0.3) is 0 Å². The zero-order valence-corrected chi connectivity index (χ0v) is 9.88. The van der Waals surface area contributed by atoms with Crippen molar-refractivity contribution >= 4 is 11.6 Å². The normalized spacial score (nSPS) is 10.1. The standard InChI is InChI=1S/C13H13N3O2/c1-8-5-12(16-7-11(8)14)18-10-4-2-3-9(6-10)13(15)17/h2-7H,14H2,1H3,(H2,15,17). The zero-order valence-electron chi connectivity index (χ0n) is 9.88. The van der Waals surface area contributed by atoms with Gasteiger partial charge in [-0.1, -0.05) is 6.07 Å². The summed E-state index contributed by atoms with van der Waals surface area (Å²) in [7, 11) is 0. The monoisotopic (exact) mass is 243 g/mol. The molecule has 2 aromatic rings. The van der Waals surface area contributed by atoms with Crippen molar-refractivity contribution < 1.29 is 9.53 Å². The lowest BCUT2D eigenvalue weighted by Gasteiger charge is -2.07. The number of hydrogen-bond acceptors (Lipinski definition) is 4. The van der Waals surface area contributed by atoms with Crippen LogP contribution in [-0.4, -0.2) is 10.9 Å². The Hall–Kier alpha value is -2.56. The number of carbonyl (C=O) groups is 1. The summed E-state index contributed by atoms with van der Waals surface area (Å²) in [5, 5.41) is 0. The van der Waals surface area contributed by atoms with E-state index in [1.165, 1.54) is 6.20 Å². The molecule has 18 heavy (non-hydrogen) atoms. The van der Waals surface area contributed by atoms with E-state index in [2.05, 4.69) is 4.98 Å². The Morgan fingerprint density at radius 1 is 1.33 bits per heavy atom. The number of pyridine rings is 1. The number of benzene rings is 1. The number of aromatic nitrogens is 1. The maximum absolute atomic E-state index is 11.0. The fourth-order valence-corrected chi connectivity index (χ4v) is 1.43. The Morgan fingerprint density at radius 2 is 2.11 bits per heavy atom. The maximum Gasteiger partial charge on any atom is 0.248 e. The van der Waals surface area contributed by atoms with E-state index < -0.39 is 5.91 Å². The van der Waals surface area contributed by atoms with Crippen LogP contribution >= 0.6 is 0 Å². The lowest BCUT2D eigenvalue weighted by atomic mass is 10.2. The summed E-state index contributed by atoms with van der Waals surface area (Å²) in [4.78, 5) is 15.1. The molecule has 0 aliphatic carbocycles. The highest BCUT2D eigenvalue weighted by Gasteiger charge is 2.04. The van der Waals surface area contributed by atoms with Gasteiger partial charge in [-0.05, 0) is 30.7 Å². The summed E-state index contributed by atoms with van der Waals surface area (Å²) in [5.41, 5.74) is 12.7. The van der Waals surface area contributed by atoms with E-state index in [-0.39, 0.29) is 0 Å². The van der Waals surface area contributed by atoms with Gasteiger partial charge in [0.15, 0.2) is 0 Å². The summed E-state index contributed by atoms with van der Waals surface area (Å²) in [5.74, 6) is 0.424. The molecule has 5 nitrogen and oxygen atoms in total. The highest BCUT2D eigenvalue weighted by Crippen LogP contribution is 2.22. The largest absolute Gasteiger partial charge is 0.439 e. The predicted octanol–water partition coefficient (Wildman–Crippen LogP) is 1.86. The Balaban J connectivity index is 2.25. The molecule has 0 saturated heterocycles. The quantitative estimate of drug-likeness (QED) is 0.860. The highest BCUT2D eigenvalue weighted by atomic mass is 16.5. The van der Waals surface area contributed by atoms with Crippen molar-refractivity contribution in [3.8, 4) is 11.6 Å². The molecule has 2 rings (SSSR count). The second kappa shape index (κ2) is 4.75. The van der Waals surface area contributed by atoms with E-state index in [9.17, 15) is 4.79 Å². The minimum atomic E-state index is -0.498. The number of anilines is 1. The van der Waals surface area contributed by atoms with Crippen molar-refractivity contribution in [2.45, 2.75) is 6.92 Å². The van der Waals surface area contributed by atoms with Crippen LogP contribution < -0.4 is 16.2 Å². The second-order valence-electron chi connectivity index (χ2n) is 3.87. The number of carbonyl (C=O) groups excluding carboxylic acids is 1. The maximum atomic E-state index is 11.0. The van der Waals surface area contributed by atoms with Crippen molar-refractivity contribution in [3.05, 3.63) is 47.7 Å². The molecule has 0 aliphatic heterocycles. The molecule has 1 aromatic heterocycles. The number of rotatable bonds is 3. The van der Waals surface area contributed by atoms with E-state index in [1.54, 1.807) is 30.3 Å². The van der Waals surface area contributed by atoms with Crippen LogP contribution in [-0.2, 0) is 0 Å². The smallest absolute Gasteiger partial charge is 0.248 e. The van der Waals surface area contributed by atoms with Crippen LogP contribution in [0.15, 0.2) is 36.5 Å². The molecule has 1 heterocycles. The number of ether oxygens (including phenoxy) is 1. The zero-order chi connectivity index (χ0) is 13.1. The van der Waals surface area contributed by atoms with Crippen LogP contribution in [0.1, 0.15) is 15.9 Å². The number of amides is 1. The molecule has 0 bridgehead atoms. The lowest BCUT2D eigenvalue weighted by Crippen LogP contribution is -2.10. The molecule has 0 unspecified atom stereocenters. The Kier molecular flexibility index (Phi) is 3.14. The average Bonchev–Trinajstić information content (AvgIpc) is 2.34. The first-order chi connectivity index (χ1) is 8.56. The molecule has 0 radical (unpaired) electrons. The SMILES string of the molecule is Cc1cc(Oc2cccc(C(N)=O)c2)ncc1N. The topological polar surface area (TPSA) is 91.2 Å². The fourth-order valence-electron chi connectivity index (χ4n) is 1.43. The minimum Gasteiger partial charge on any atom is -0.439 e. The molecule has 1 amide bonds. The number of primary amides is 1. The summed E-state index contributed by atoms with van der Waals surface area (Å²) in [6.07, 6.45) is 1.53. The molecule has 0 aliphatic rings. The number of nitrogens with two attached hydrogens (primary N) is 2. The van der Waals surface area contributed by atoms with E-state index in [1.807, 2.05) is 6.92 Å². The third kappa shape index (κ3) is 2.57.